The zero-order chi connectivity index (χ0) is 48.1. The minimum Gasteiger partial charge on any atom is -0.481 e. The Morgan fingerprint density at radius 1 is 0.919 bits per heavy atom. The number of hydrogen-bond donors (Lipinski definition) is 3. The van der Waals surface area contributed by atoms with Crippen molar-refractivity contribution in [1.82, 2.24) is 10.2 Å². The summed E-state index contributed by atoms with van der Waals surface area (Å²) in [5, 5.41) is 20.4. The zero-order valence-corrected chi connectivity index (χ0v) is 43.0. The molecule has 1 saturated carbocycles. The Kier molecular flexibility index (Phi) is 41.0. The fourth-order valence-corrected chi connectivity index (χ4v) is 7.54. The van der Waals surface area contributed by atoms with E-state index in [0.29, 0.717) is 18.0 Å². The maximum atomic E-state index is 13.2. The molecule has 2 aliphatic rings. The molecule has 1 heterocycles. The maximum absolute atomic E-state index is 13.2. The van der Waals surface area contributed by atoms with Crippen LogP contribution in [0, 0.1) is 18.8 Å². The summed E-state index contributed by atoms with van der Waals surface area (Å²) in [6.45, 7) is 15.7. The van der Waals surface area contributed by atoms with Crippen LogP contribution in [0.1, 0.15) is 134 Å². The number of nitrogens with zero attached hydrogens (tertiary/aromatic N) is 1. The van der Waals surface area contributed by atoms with Crippen LogP contribution >= 0.6 is 23.5 Å². The molecular formula is C48H85FN2O8S3. The predicted molar refractivity (Wildman–Crippen MR) is 266 cm³/mol. The highest BCUT2D eigenvalue weighted by atomic mass is 32.2. The number of methoxy groups -OCH3 is 1. The normalized spacial score (nSPS) is 15.5. The van der Waals surface area contributed by atoms with E-state index in [2.05, 4.69) is 28.8 Å². The van der Waals surface area contributed by atoms with Crippen LogP contribution in [-0.2, 0) is 30.7 Å². The smallest absolute Gasteiger partial charge is 0.326 e. The molecule has 0 spiro atoms. The number of sulfone groups is 1. The van der Waals surface area contributed by atoms with Gasteiger partial charge in [-0.15, -0.1) is 0 Å². The topological polar surface area (TPSA) is 150 Å². The van der Waals surface area contributed by atoms with E-state index < -0.39 is 33.7 Å². The number of aliphatic carboxylic acids is 2. The van der Waals surface area contributed by atoms with Gasteiger partial charge in [0.2, 0.25) is 0 Å². The van der Waals surface area contributed by atoms with Gasteiger partial charge in [0.1, 0.15) is 15.9 Å². The number of halogens is 1. The Hall–Kier alpha value is -2.65. The second kappa shape index (κ2) is 39.9. The van der Waals surface area contributed by atoms with Gasteiger partial charge < -0.3 is 20.3 Å². The number of carboxylic acids is 2. The van der Waals surface area contributed by atoms with E-state index in [1.165, 1.54) is 51.4 Å². The number of aryl methyl sites for hydroxylation is 1. The van der Waals surface area contributed by atoms with Gasteiger partial charge in [-0.3, -0.25) is 18.9 Å². The van der Waals surface area contributed by atoms with Gasteiger partial charge in [0, 0.05) is 38.6 Å². The van der Waals surface area contributed by atoms with Gasteiger partial charge in [-0.2, -0.15) is 23.5 Å². The van der Waals surface area contributed by atoms with Crippen molar-refractivity contribution in [1.29, 1.82) is 0 Å². The highest BCUT2D eigenvalue weighted by Crippen LogP contribution is 2.30. The van der Waals surface area contributed by atoms with Crippen LogP contribution in [0.15, 0.2) is 42.5 Å². The third-order valence-electron chi connectivity index (χ3n) is 9.89. The molecule has 62 heavy (non-hydrogen) atoms. The second-order valence-corrected chi connectivity index (χ2v) is 19.4. The summed E-state index contributed by atoms with van der Waals surface area (Å²) in [5.41, 5.74) is 4.10. The van der Waals surface area contributed by atoms with E-state index in [0.717, 1.165) is 59.7 Å². The fourth-order valence-electron chi connectivity index (χ4n) is 6.29. The molecule has 0 radical (unpaired) electrons. The van der Waals surface area contributed by atoms with Crippen LogP contribution in [-0.4, -0.2) is 117 Å². The quantitative estimate of drug-likeness (QED) is 0.157. The van der Waals surface area contributed by atoms with Crippen LogP contribution in [0.2, 0.25) is 0 Å². The summed E-state index contributed by atoms with van der Waals surface area (Å²) < 4.78 is 37.9. The number of likely N-dealkylation sites (tertiary alicyclic amines) is 1. The Bertz CT molecular complexity index is 1550. The molecule has 1 amide bonds. The predicted octanol–water partition coefficient (Wildman–Crippen LogP) is 11.3. The summed E-state index contributed by atoms with van der Waals surface area (Å²) in [6, 6.07) is 12.6. The fraction of sp³-hybridized carbons (Fsp3) is 0.688. The van der Waals surface area contributed by atoms with E-state index >= 15 is 0 Å². The average molecular weight is 933 g/mol. The van der Waals surface area contributed by atoms with E-state index in [-0.39, 0.29) is 24.8 Å². The highest BCUT2D eigenvalue weighted by molar-refractivity contribution is 7.98. The van der Waals surface area contributed by atoms with Crippen LogP contribution in [0.25, 0.3) is 11.1 Å². The number of carbonyl (C=O) groups is 3. The van der Waals surface area contributed by atoms with Crippen LogP contribution in [0.3, 0.4) is 0 Å². The number of ether oxygens (including phenoxy) is 1. The molecule has 1 saturated heterocycles. The van der Waals surface area contributed by atoms with Gasteiger partial charge in [-0.1, -0.05) is 103 Å². The molecule has 3 unspecified atom stereocenters. The van der Waals surface area contributed by atoms with Gasteiger partial charge in [-0.05, 0) is 117 Å². The summed E-state index contributed by atoms with van der Waals surface area (Å²) >= 11 is 3.43. The minimum atomic E-state index is -3.35. The number of hydrogen-bond acceptors (Lipinski definition) is 9. The van der Waals surface area contributed by atoms with E-state index in [1.54, 1.807) is 57.7 Å². The van der Waals surface area contributed by atoms with Gasteiger partial charge in [0.25, 0.3) is 5.91 Å². The van der Waals surface area contributed by atoms with Crippen molar-refractivity contribution in [2.24, 2.45) is 11.8 Å². The largest absolute Gasteiger partial charge is 0.481 e. The summed E-state index contributed by atoms with van der Waals surface area (Å²) in [6.07, 6.45) is 19.6. The van der Waals surface area contributed by atoms with Gasteiger partial charge in [0.05, 0.1) is 18.3 Å². The maximum Gasteiger partial charge on any atom is 0.326 e. The Labute approximate surface area is 385 Å². The molecule has 2 fully saturated rings. The third kappa shape index (κ3) is 31.2. The molecule has 10 nitrogen and oxygen atoms in total. The van der Waals surface area contributed by atoms with Crippen molar-refractivity contribution in [3.05, 3.63) is 59.2 Å². The third-order valence-corrected chi connectivity index (χ3v) is 11.5. The van der Waals surface area contributed by atoms with Gasteiger partial charge in [-0.25, -0.2) is 13.2 Å². The first-order valence-corrected chi connectivity index (χ1v) is 27.2. The molecule has 360 valence electrons. The van der Waals surface area contributed by atoms with Crippen molar-refractivity contribution in [3.8, 4) is 11.1 Å². The standard InChI is InChI=1S/C25H32N2O5S.C8H16.C6H12O2S.C3H7F.C2H6O.C2H6S.C2H6/c1-17-7-4-5-9-20(17)22-15-19(16-27-13-6-8-18(27)2)10-11-21(22)24(28)26-23(25(29)30)12-14-33(3,31)32;1-2-8-6-4-3-5-7-8;1-5(6(7)8)3-4-9-2;1-2-3-4;2*1-3-2;1-2/h4-5,7,9-11,15,18,23H,6,8,12-14,16H2,1-3H3,(H,26,28)(H,29,30);8H,2-7H2,1H3;5H,3-4H2,1-2H3,(H,7,8);2-3H2,1H3;2*1-2H3;1-2H3. The van der Waals surface area contributed by atoms with Gasteiger partial charge in [0.15, 0.2) is 0 Å². The Morgan fingerprint density at radius 3 is 1.90 bits per heavy atom. The first kappa shape index (κ1) is 63.6. The van der Waals surface area contributed by atoms with Crippen molar-refractivity contribution in [3.63, 3.8) is 0 Å². The lowest BCUT2D eigenvalue weighted by Crippen LogP contribution is -2.42. The molecule has 2 aromatic rings. The van der Waals surface area contributed by atoms with Crippen LogP contribution in [0.5, 0.6) is 0 Å². The molecule has 3 N–H and O–H groups in total. The molecule has 0 bridgehead atoms. The number of carbonyl (C=O) groups excluding carboxylic acids is 1. The van der Waals surface area contributed by atoms with E-state index in [4.69, 9.17) is 5.11 Å². The lowest BCUT2D eigenvalue weighted by molar-refractivity contribution is -0.141. The molecule has 4 rings (SSSR count). The first-order chi connectivity index (χ1) is 29.4. The van der Waals surface area contributed by atoms with Crippen molar-refractivity contribution >= 4 is 51.2 Å². The molecule has 0 aromatic heterocycles. The number of alkyl halides is 1. The molecule has 3 atom stereocenters. The number of rotatable bonds is 15. The average Bonchev–Trinajstić information content (AvgIpc) is 3.66. The second-order valence-electron chi connectivity index (χ2n) is 15.4. The Balaban J connectivity index is -0.000000969. The van der Waals surface area contributed by atoms with E-state index in [1.807, 2.05) is 75.9 Å². The van der Waals surface area contributed by atoms with Crippen molar-refractivity contribution < 1.29 is 42.1 Å². The van der Waals surface area contributed by atoms with E-state index in [9.17, 15) is 32.3 Å². The van der Waals surface area contributed by atoms with Crippen molar-refractivity contribution in [2.45, 2.75) is 138 Å². The molecule has 1 aliphatic heterocycles. The van der Waals surface area contributed by atoms with Crippen LogP contribution < -0.4 is 5.32 Å². The van der Waals surface area contributed by atoms with Gasteiger partial charge >= 0.3 is 11.9 Å². The molecule has 2 aromatic carbocycles. The number of thioether (sulfide) groups is 2. The van der Waals surface area contributed by atoms with Crippen LogP contribution in [0.4, 0.5) is 4.39 Å². The van der Waals surface area contributed by atoms with Crippen molar-refractivity contribution in [2.75, 3.05) is 64.0 Å². The monoisotopic (exact) mass is 933 g/mol. The Morgan fingerprint density at radius 2 is 1.48 bits per heavy atom. The number of amides is 1. The lowest BCUT2D eigenvalue weighted by atomic mass is 9.88. The number of carboxylic acid groups (broad SMARTS) is 2. The summed E-state index contributed by atoms with van der Waals surface area (Å²) in [7, 11) is -0.101. The summed E-state index contributed by atoms with van der Waals surface area (Å²) in [4.78, 5) is 37.4. The molecular weight excluding hydrogens is 848 g/mol. The first-order valence-electron chi connectivity index (χ1n) is 22.1. The molecule has 1 aliphatic carbocycles. The number of benzene rings is 2. The summed E-state index contributed by atoms with van der Waals surface area (Å²) in [5.74, 6) is -0.959. The lowest BCUT2D eigenvalue weighted by Gasteiger charge is -2.22. The molecule has 14 heteroatoms. The minimum absolute atomic E-state index is 0.181. The SMILES string of the molecule is CC.CCC1CCCCC1.CCCF.COC.CSC.CSCCC(C)C(=O)O.Cc1ccccc1-c1cc(CN2CCCC2C)ccc1C(=O)NC(CCS(C)(=O)=O)C(=O)O. The zero-order valence-electron chi connectivity index (χ0n) is 40.6. The highest BCUT2D eigenvalue weighted by Gasteiger charge is 2.25. The number of nitrogens with one attached hydrogen (secondary N) is 1.